The van der Waals surface area contributed by atoms with Crippen molar-refractivity contribution < 1.29 is 17.9 Å². The highest BCUT2D eigenvalue weighted by Crippen LogP contribution is 2.56. The van der Waals surface area contributed by atoms with E-state index in [0.29, 0.717) is 4.90 Å². The Morgan fingerprint density at radius 3 is 1.23 bits per heavy atom. The number of Topliss-reactive ketones (excluding diaryl/α,β-unsaturated/α-hetero) is 1. The van der Waals surface area contributed by atoms with Crippen molar-refractivity contribution in [3.63, 3.8) is 0 Å². The van der Waals surface area contributed by atoms with E-state index < -0.39 is 15.6 Å². The Morgan fingerprint density at radius 2 is 0.878 bits per heavy atom. The van der Waals surface area contributed by atoms with Gasteiger partial charge in [0.05, 0.1) is 22.6 Å². The number of hydrogen-bond acceptors (Lipinski definition) is 7. The van der Waals surface area contributed by atoms with Crippen LogP contribution in [0.1, 0.15) is 94.1 Å². The summed E-state index contributed by atoms with van der Waals surface area (Å²) in [6.07, 6.45) is 15.6. The van der Waals surface area contributed by atoms with Gasteiger partial charge in [0.2, 0.25) is 5.72 Å². The maximum absolute atomic E-state index is 10.8. The van der Waals surface area contributed by atoms with Gasteiger partial charge in [-0.3, -0.25) is 9.79 Å². The predicted molar refractivity (Wildman–Crippen MR) is 386 cm³/mol. The highest BCUT2D eigenvalue weighted by atomic mass is 32.2. The highest BCUT2D eigenvalue weighted by Gasteiger charge is 2.58. The van der Waals surface area contributed by atoms with Gasteiger partial charge in [-0.05, 0) is 132 Å². The number of H-pyrrole nitrogens is 4. The zero-order chi connectivity index (χ0) is 63.8. The molecule has 0 aliphatic carbocycles. The van der Waals surface area contributed by atoms with Gasteiger partial charge in [-0.15, -0.1) is 0 Å². The number of benzene rings is 9. The van der Waals surface area contributed by atoms with E-state index >= 15 is 0 Å². The molecule has 0 radical (unpaired) electrons. The number of nitrogens with two attached hydrogens (primary N) is 1. The van der Waals surface area contributed by atoms with Gasteiger partial charge in [0.25, 0.3) is 0 Å². The number of anilines is 1. The van der Waals surface area contributed by atoms with E-state index in [1.165, 1.54) is 98.1 Å². The van der Waals surface area contributed by atoms with Crippen molar-refractivity contribution in [3.05, 3.63) is 255 Å². The number of fused-ring (bicyclic) bond motifs is 11. The van der Waals surface area contributed by atoms with Gasteiger partial charge in [-0.2, -0.15) is 0 Å². The van der Waals surface area contributed by atoms with E-state index in [0.717, 1.165) is 28.6 Å². The highest BCUT2D eigenvalue weighted by molar-refractivity contribution is 7.90. The van der Waals surface area contributed by atoms with Crippen molar-refractivity contribution in [1.82, 2.24) is 19.9 Å². The van der Waals surface area contributed by atoms with E-state index in [2.05, 4.69) is 219 Å². The molecule has 468 valence electrons. The number of para-hydroxylation sites is 5. The molecule has 90 heavy (non-hydrogen) atoms. The van der Waals surface area contributed by atoms with Crippen LogP contribution in [0.25, 0.3) is 65.2 Å². The third kappa shape index (κ3) is 17.4. The van der Waals surface area contributed by atoms with Gasteiger partial charge in [0.15, 0.2) is 15.6 Å². The lowest BCUT2D eigenvalue weighted by Gasteiger charge is -2.45. The van der Waals surface area contributed by atoms with E-state index in [9.17, 15) is 13.2 Å². The summed E-state index contributed by atoms with van der Waals surface area (Å²) in [4.78, 5) is 30.4. The van der Waals surface area contributed by atoms with Crippen molar-refractivity contribution in [2.24, 2.45) is 10.7 Å². The Hall–Kier alpha value is -9.49. The number of unbranched alkanes of at least 4 members (excludes halogenated alkanes) is 1. The third-order valence-electron chi connectivity index (χ3n) is 15.3. The molecule has 1 spiro atoms. The molecule has 2 unspecified atom stereocenters. The number of aromatic nitrogens is 4. The van der Waals surface area contributed by atoms with Crippen molar-refractivity contribution in [3.8, 4) is 5.75 Å². The average Bonchev–Trinajstić information content (AvgIpc) is 1.95. The number of aliphatic imine (C=N–C) groups is 1. The van der Waals surface area contributed by atoms with E-state index in [1.807, 2.05) is 86.5 Å². The minimum Gasteiger partial charge on any atom is -0.459 e. The number of likely N-dealkylation sites (N-methyl/N-ethyl adjacent to an activating group) is 1. The first kappa shape index (κ1) is 69.6. The SMILES string of the molecule is C.CCC.CCC(N)C(C)=O.CCCC.CN1c2ccccc2C(C)(C)C12C=Nc1c(c3ccccc3c3ccccc13)O2.CS(=O)(=O)c1ccccc1.c1ccc2[nH]ccc2c1.c1ccc2[nH]ccc2c1.c1ccc2[nH]ccc2c1.c1ccc2[nH]ccc2c1. The zero-order valence-corrected chi connectivity index (χ0v) is 54.0. The summed E-state index contributed by atoms with van der Waals surface area (Å²) in [6, 6.07) is 74.7. The molecule has 2 atom stereocenters. The monoisotopic (exact) mass is 1220 g/mol. The quantitative estimate of drug-likeness (QED) is 0.110. The molecule has 6 heterocycles. The molecule has 0 saturated heterocycles. The van der Waals surface area contributed by atoms with Gasteiger partial charge in [-0.25, -0.2) is 8.42 Å². The summed E-state index contributed by atoms with van der Waals surface area (Å²) in [5.74, 6) is 0.942. The fourth-order valence-electron chi connectivity index (χ4n) is 10.1. The Labute approximate surface area is 533 Å². The van der Waals surface area contributed by atoms with Crippen LogP contribution in [0.3, 0.4) is 0 Å². The Kier molecular flexibility index (Phi) is 26.1. The first-order chi connectivity index (χ1) is 43.0. The number of ketones is 1. The molecule has 0 amide bonds. The summed E-state index contributed by atoms with van der Waals surface area (Å²) in [5.41, 5.74) is 12.6. The Bertz CT molecular complexity index is 4040. The van der Waals surface area contributed by atoms with Crippen molar-refractivity contribution in [2.45, 2.75) is 111 Å². The van der Waals surface area contributed by atoms with E-state index in [4.69, 9.17) is 15.5 Å². The summed E-state index contributed by atoms with van der Waals surface area (Å²) >= 11 is 0. The number of hydrogen-bond donors (Lipinski definition) is 5. The Morgan fingerprint density at radius 1 is 0.522 bits per heavy atom. The molecule has 0 fully saturated rings. The second-order valence-electron chi connectivity index (χ2n) is 22.2. The number of carbonyl (C=O) groups excluding carboxylic acids is 1. The van der Waals surface area contributed by atoms with Crippen molar-refractivity contribution in [1.29, 1.82) is 0 Å². The lowest BCUT2D eigenvalue weighted by Crippen LogP contribution is -2.61. The number of carbonyl (C=O) groups is 1. The fraction of sp³-hybridized carbons (Fsp3) is 0.231. The third-order valence-corrected chi connectivity index (χ3v) is 16.4. The molecule has 4 aromatic heterocycles. The number of ether oxygens (including phenoxy) is 1. The normalized spacial score (nSPS) is 13.8. The fourth-order valence-corrected chi connectivity index (χ4v) is 10.8. The minimum atomic E-state index is -3.00. The van der Waals surface area contributed by atoms with Gasteiger partial charge in [-0.1, -0.05) is 219 Å². The molecule has 13 aromatic rings. The molecular formula is C78H91N7O4S. The molecule has 6 N–H and O–H groups in total. The molecule has 12 heteroatoms. The lowest BCUT2D eigenvalue weighted by atomic mass is 9.77. The standard InChI is InChI=1S/C26H22N2O.4C8H7N.C7H8O2S.C5H11NO.C4H10.C3H8.CH4/c1-25(2)21-14-8-9-15-22(21)28(3)26(25)16-27-23-19-12-6-4-10-17(19)18-11-5-7-13-20(18)24(23)29-26;4*1-2-4-8-7(3-1)5-6-9-8;1-10(8,9)7-5-3-2-4-6-7;1-3-5(6)4(2)7;1-3-4-2;1-3-2;/h4-16H,1-3H3;4*1-6,9H;2-6H,1H3;5H,3,6H2,1-2H3;3-4H2,1-2H3;3H2,1-2H3;1H4. The van der Waals surface area contributed by atoms with Crippen molar-refractivity contribution >= 4 is 98.4 Å². The first-order valence-corrected chi connectivity index (χ1v) is 32.5. The molecule has 11 nitrogen and oxygen atoms in total. The minimum absolute atomic E-state index is 0. The number of rotatable bonds is 4. The molecular weight excluding hydrogens is 1130 g/mol. The smallest absolute Gasteiger partial charge is 0.228 e. The average molecular weight is 1220 g/mol. The molecule has 2 aliphatic heterocycles. The second-order valence-corrected chi connectivity index (χ2v) is 24.2. The number of nitrogens with one attached hydrogen (secondary N) is 4. The number of aromatic amines is 4. The molecule has 15 rings (SSSR count). The zero-order valence-electron chi connectivity index (χ0n) is 53.2. The Balaban J connectivity index is 0.000000177. The lowest BCUT2D eigenvalue weighted by molar-refractivity contribution is -0.118. The van der Waals surface area contributed by atoms with E-state index in [1.54, 1.807) is 30.3 Å². The summed E-state index contributed by atoms with van der Waals surface area (Å²) in [6.45, 7) is 16.5. The van der Waals surface area contributed by atoms with Gasteiger partial charge >= 0.3 is 0 Å². The van der Waals surface area contributed by atoms with Crippen LogP contribution >= 0.6 is 0 Å². The van der Waals surface area contributed by atoms with Gasteiger partial charge < -0.3 is 35.3 Å². The maximum atomic E-state index is 10.8. The summed E-state index contributed by atoms with van der Waals surface area (Å²) in [5, 5.41) is 9.75. The van der Waals surface area contributed by atoms with Gasteiger partial charge in [0, 0.05) is 76.6 Å². The van der Waals surface area contributed by atoms with Crippen LogP contribution in [0.4, 0.5) is 11.4 Å². The van der Waals surface area contributed by atoms with Crippen LogP contribution in [0, 0.1) is 0 Å². The van der Waals surface area contributed by atoms with Crippen LogP contribution in [0.2, 0.25) is 0 Å². The van der Waals surface area contributed by atoms with Gasteiger partial charge in [0.1, 0.15) is 11.5 Å². The second kappa shape index (κ2) is 33.7. The van der Waals surface area contributed by atoms with E-state index in [-0.39, 0.29) is 24.7 Å². The van der Waals surface area contributed by atoms with Crippen LogP contribution in [0.15, 0.2) is 259 Å². The molecule has 0 bridgehead atoms. The summed E-state index contributed by atoms with van der Waals surface area (Å²) in [7, 11) is -0.898. The topological polar surface area (TPSA) is 165 Å². The largest absolute Gasteiger partial charge is 0.459 e. The maximum Gasteiger partial charge on any atom is 0.228 e. The molecule has 9 aromatic carbocycles. The van der Waals surface area contributed by atoms with Crippen molar-refractivity contribution in [2.75, 3.05) is 18.2 Å². The number of sulfone groups is 1. The van der Waals surface area contributed by atoms with Crippen LogP contribution in [0.5, 0.6) is 5.75 Å². The first-order valence-electron chi connectivity index (χ1n) is 30.6. The summed E-state index contributed by atoms with van der Waals surface area (Å²) < 4.78 is 28.7. The predicted octanol–water partition coefficient (Wildman–Crippen LogP) is 20.1. The molecule has 0 saturated carbocycles. The molecule has 2 aliphatic rings. The van der Waals surface area contributed by atoms with Crippen LogP contribution in [-0.4, -0.2) is 65.4 Å². The number of nitrogens with zero attached hydrogens (tertiary/aromatic N) is 2. The van der Waals surface area contributed by atoms with Crippen LogP contribution in [-0.2, 0) is 20.0 Å². The van der Waals surface area contributed by atoms with Crippen LogP contribution < -0.4 is 15.4 Å².